The van der Waals surface area contributed by atoms with Crippen molar-refractivity contribution in [2.45, 2.75) is 45.6 Å². The Morgan fingerprint density at radius 2 is 1.78 bits per heavy atom. The summed E-state index contributed by atoms with van der Waals surface area (Å²) in [6.45, 7) is 5.53. The summed E-state index contributed by atoms with van der Waals surface area (Å²) in [6.07, 6.45) is 5.40. The van der Waals surface area contributed by atoms with Crippen LogP contribution in [-0.4, -0.2) is 47.4 Å². The van der Waals surface area contributed by atoms with E-state index in [1.807, 2.05) is 50.4 Å². The second-order valence-electron chi connectivity index (χ2n) is 8.73. The maximum Gasteiger partial charge on any atom is 0.238 e. The van der Waals surface area contributed by atoms with Crippen LogP contribution in [0.3, 0.4) is 0 Å². The number of aromatic amines is 1. The maximum atomic E-state index is 12.7. The van der Waals surface area contributed by atoms with Gasteiger partial charge in [0, 0.05) is 48.3 Å². The van der Waals surface area contributed by atoms with Crippen LogP contribution in [0.25, 0.3) is 10.9 Å². The normalized spacial score (nSPS) is 13.5. The van der Waals surface area contributed by atoms with Gasteiger partial charge in [0.15, 0.2) is 0 Å². The first-order chi connectivity index (χ1) is 15.5. The van der Waals surface area contributed by atoms with Gasteiger partial charge >= 0.3 is 0 Å². The standard InChI is InChI=1S/C26H32N4O2/c1-18-6-5-7-19(2)26(18)29-25(32)17-30(21-10-11-21)15-13-24(31)27-14-12-20-16-28-23-9-4-3-8-22(20)23/h3-9,16,21,28H,10-15,17H2,1-2H3,(H,27,31)(H,29,32). The van der Waals surface area contributed by atoms with Crippen LogP contribution >= 0.6 is 0 Å². The van der Waals surface area contributed by atoms with Crippen LogP contribution in [0, 0.1) is 13.8 Å². The molecule has 3 N–H and O–H groups in total. The van der Waals surface area contributed by atoms with Gasteiger partial charge in [0.1, 0.15) is 0 Å². The van der Waals surface area contributed by atoms with E-state index >= 15 is 0 Å². The molecule has 4 rings (SSSR count). The zero-order chi connectivity index (χ0) is 22.5. The topological polar surface area (TPSA) is 77.2 Å². The lowest BCUT2D eigenvalue weighted by molar-refractivity contribution is -0.122. The Labute approximate surface area is 189 Å². The number of aryl methyl sites for hydroxylation is 2. The first kappa shape index (κ1) is 22.1. The molecule has 1 heterocycles. The van der Waals surface area contributed by atoms with Gasteiger partial charge in [-0.2, -0.15) is 0 Å². The van der Waals surface area contributed by atoms with Crippen LogP contribution in [0.4, 0.5) is 5.69 Å². The molecule has 1 fully saturated rings. The maximum absolute atomic E-state index is 12.7. The third kappa shape index (κ3) is 5.56. The molecule has 0 unspecified atom stereocenters. The van der Waals surface area contributed by atoms with Crippen molar-refractivity contribution in [3.8, 4) is 0 Å². The first-order valence-electron chi connectivity index (χ1n) is 11.4. The highest BCUT2D eigenvalue weighted by atomic mass is 16.2. The number of benzene rings is 2. The molecular weight excluding hydrogens is 400 g/mol. The Kier molecular flexibility index (Phi) is 6.90. The number of para-hydroxylation sites is 2. The van der Waals surface area contributed by atoms with Crippen molar-refractivity contribution in [2.75, 3.05) is 25.0 Å². The summed E-state index contributed by atoms with van der Waals surface area (Å²) in [4.78, 5) is 30.5. The van der Waals surface area contributed by atoms with Crippen LogP contribution in [0.1, 0.15) is 36.0 Å². The molecule has 2 amide bonds. The van der Waals surface area contributed by atoms with Crippen molar-refractivity contribution in [1.29, 1.82) is 0 Å². The number of fused-ring (bicyclic) bond motifs is 1. The van der Waals surface area contributed by atoms with Crippen molar-refractivity contribution in [2.24, 2.45) is 0 Å². The van der Waals surface area contributed by atoms with Crippen LogP contribution in [0.15, 0.2) is 48.7 Å². The summed E-state index contributed by atoms with van der Waals surface area (Å²) in [7, 11) is 0. The van der Waals surface area contributed by atoms with Gasteiger partial charge in [-0.15, -0.1) is 0 Å². The number of H-pyrrole nitrogens is 1. The molecule has 1 aliphatic rings. The molecule has 168 valence electrons. The zero-order valence-corrected chi connectivity index (χ0v) is 18.9. The van der Waals surface area contributed by atoms with E-state index in [0.717, 1.165) is 41.6 Å². The summed E-state index contributed by atoms with van der Waals surface area (Å²) in [6, 6.07) is 14.6. The van der Waals surface area contributed by atoms with Crippen LogP contribution in [-0.2, 0) is 16.0 Å². The van der Waals surface area contributed by atoms with Gasteiger partial charge in [-0.3, -0.25) is 14.5 Å². The minimum atomic E-state index is -0.0194. The molecular formula is C26H32N4O2. The van der Waals surface area contributed by atoms with Crippen LogP contribution in [0.5, 0.6) is 0 Å². The molecule has 0 bridgehead atoms. The molecule has 0 spiro atoms. The van der Waals surface area contributed by atoms with Gasteiger partial charge in [-0.25, -0.2) is 0 Å². The molecule has 0 radical (unpaired) electrons. The highest BCUT2D eigenvalue weighted by Crippen LogP contribution is 2.27. The summed E-state index contributed by atoms with van der Waals surface area (Å²) in [5.41, 5.74) is 5.34. The molecule has 32 heavy (non-hydrogen) atoms. The van der Waals surface area contributed by atoms with E-state index in [4.69, 9.17) is 0 Å². The fraction of sp³-hybridized carbons (Fsp3) is 0.385. The number of nitrogens with one attached hydrogen (secondary N) is 3. The highest BCUT2D eigenvalue weighted by molar-refractivity contribution is 5.93. The summed E-state index contributed by atoms with van der Waals surface area (Å²) in [5, 5.41) is 7.29. The number of carbonyl (C=O) groups excluding carboxylic acids is 2. The molecule has 0 saturated heterocycles. The predicted molar refractivity (Wildman–Crippen MR) is 129 cm³/mol. The summed E-state index contributed by atoms with van der Waals surface area (Å²) in [5.74, 6) is 0.0136. The van der Waals surface area contributed by atoms with Gasteiger partial charge in [0.25, 0.3) is 0 Å². The molecule has 6 nitrogen and oxygen atoms in total. The quantitative estimate of drug-likeness (QED) is 0.454. The molecule has 0 atom stereocenters. The molecule has 1 aromatic heterocycles. The van der Waals surface area contributed by atoms with Gasteiger partial charge < -0.3 is 15.6 Å². The fourth-order valence-corrected chi connectivity index (χ4v) is 4.21. The monoisotopic (exact) mass is 432 g/mol. The number of carbonyl (C=O) groups is 2. The second-order valence-corrected chi connectivity index (χ2v) is 8.73. The van der Waals surface area contributed by atoms with Gasteiger partial charge in [0.05, 0.1) is 6.54 Å². The molecule has 0 aliphatic heterocycles. The SMILES string of the molecule is Cc1cccc(C)c1NC(=O)CN(CCC(=O)NCCc1c[nH]c2ccccc12)C1CC1. The lowest BCUT2D eigenvalue weighted by Gasteiger charge is -2.22. The number of rotatable bonds is 10. The molecule has 1 saturated carbocycles. The lowest BCUT2D eigenvalue weighted by atomic mass is 10.1. The first-order valence-corrected chi connectivity index (χ1v) is 11.4. The second kappa shape index (κ2) is 10.0. The van der Waals surface area contributed by atoms with Crippen molar-refractivity contribution in [1.82, 2.24) is 15.2 Å². The Balaban J connectivity index is 1.23. The van der Waals surface area contributed by atoms with Gasteiger partial charge in [0.2, 0.25) is 11.8 Å². The van der Waals surface area contributed by atoms with Gasteiger partial charge in [-0.1, -0.05) is 36.4 Å². The summed E-state index contributed by atoms with van der Waals surface area (Å²) >= 11 is 0. The predicted octanol–water partition coefficient (Wildman–Crippen LogP) is 3.94. The van der Waals surface area contributed by atoms with Gasteiger partial charge in [-0.05, 0) is 55.9 Å². The largest absolute Gasteiger partial charge is 0.361 e. The number of hydrogen-bond donors (Lipinski definition) is 3. The minimum absolute atomic E-state index is 0.0194. The average molecular weight is 433 g/mol. The number of amides is 2. The van der Waals surface area contributed by atoms with E-state index in [1.54, 1.807) is 0 Å². The van der Waals surface area contributed by atoms with E-state index in [9.17, 15) is 9.59 Å². The lowest BCUT2D eigenvalue weighted by Crippen LogP contribution is -2.38. The zero-order valence-electron chi connectivity index (χ0n) is 18.9. The third-order valence-corrected chi connectivity index (χ3v) is 6.17. The van der Waals surface area contributed by atoms with E-state index in [2.05, 4.69) is 32.7 Å². The van der Waals surface area contributed by atoms with Crippen LogP contribution < -0.4 is 10.6 Å². The van der Waals surface area contributed by atoms with E-state index in [-0.39, 0.29) is 11.8 Å². The number of anilines is 1. The molecule has 3 aromatic rings. The Hall–Kier alpha value is -3.12. The van der Waals surface area contributed by atoms with Crippen molar-refractivity contribution in [3.05, 3.63) is 65.4 Å². The average Bonchev–Trinajstić information content (AvgIpc) is 3.55. The number of aromatic nitrogens is 1. The van der Waals surface area contributed by atoms with E-state index < -0.39 is 0 Å². The summed E-state index contributed by atoms with van der Waals surface area (Å²) < 4.78 is 0. The fourth-order valence-electron chi connectivity index (χ4n) is 4.21. The van der Waals surface area contributed by atoms with E-state index in [0.29, 0.717) is 32.1 Å². The minimum Gasteiger partial charge on any atom is -0.361 e. The molecule has 6 heteroatoms. The Morgan fingerprint density at radius 3 is 2.53 bits per heavy atom. The third-order valence-electron chi connectivity index (χ3n) is 6.17. The van der Waals surface area contributed by atoms with Crippen molar-refractivity contribution < 1.29 is 9.59 Å². The van der Waals surface area contributed by atoms with E-state index in [1.165, 1.54) is 10.9 Å². The van der Waals surface area contributed by atoms with Crippen molar-refractivity contribution >= 4 is 28.4 Å². The molecule has 1 aliphatic carbocycles. The highest BCUT2D eigenvalue weighted by Gasteiger charge is 2.30. The molecule has 2 aromatic carbocycles. The van der Waals surface area contributed by atoms with Crippen molar-refractivity contribution in [3.63, 3.8) is 0 Å². The number of hydrogen-bond acceptors (Lipinski definition) is 3. The van der Waals surface area contributed by atoms with Crippen LogP contribution in [0.2, 0.25) is 0 Å². The Bertz CT molecular complexity index is 1080. The number of nitrogens with zero attached hydrogens (tertiary/aromatic N) is 1. The Morgan fingerprint density at radius 1 is 1.03 bits per heavy atom. The smallest absolute Gasteiger partial charge is 0.238 e.